The van der Waals surface area contributed by atoms with Crippen LogP contribution in [0.25, 0.3) is 0 Å². The van der Waals surface area contributed by atoms with Gasteiger partial charge in [-0.25, -0.2) is 0 Å². The monoisotopic (exact) mass is 237 g/mol. The summed E-state index contributed by atoms with van der Waals surface area (Å²) in [5, 5.41) is 4.47. The third-order valence-electron chi connectivity index (χ3n) is 3.50. The Kier molecular flexibility index (Phi) is 4.25. The minimum absolute atomic E-state index is 0.734. The lowest BCUT2D eigenvalue weighted by Crippen LogP contribution is -2.25. The topological polar surface area (TPSA) is 12.0 Å². The van der Waals surface area contributed by atoms with E-state index in [1.165, 1.54) is 24.8 Å². The summed E-state index contributed by atoms with van der Waals surface area (Å²) >= 11 is 6.18. The molecule has 1 fully saturated rings. The molecule has 0 spiro atoms. The van der Waals surface area contributed by atoms with E-state index in [1.807, 2.05) is 12.1 Å². The first-order valence-corrected chi connectivity index (χ1v) is 6.64. The average Bonchev–Trinajstić information content (AvgIpc) is 2.70. The third kappa shape index (κ3) is 2.99. The van der Waals surface area contributed by atoms with Crippen molar-refractivity contribution in [2.75, 3.05) is 6.54 Å². The van der Waals surface area contributed by atoms with Crippen LogP contribution in [0.15, 0.2) is 24.3 Å². The standard InChI is InChI=1S/C14H20ClN/c1-2-16-13-8-7-11(10-13)9-12-5-3-4-6-14(12)15/h3-6,11,13,16H,2,7-10H2,1H3. The van der Waals surface area contributed by atoms with Crippen molar-refractivity contribution in [1.82, 2.24) is 5.32 Å². The van der Waals surface area contributed by atoms with Gasteiger partial charge in [0.15, 0.2) is 0 Å². The number of rotatable bonds is 4. The molecule has 0 bridgehead atoms. The molecule has 2 atom stereocenters. The van der Waals surface area contributed by atoms with Gasteiger partial charge < -0.3 is 5.32 Å². The number of hydrogen-bond acceptors (Lipinski definition) is 1. The fourth-order valence-corrected chi connectivity index (χ4v) is 2.92. The molecule has 0 radical (unpaired) electrons. The molecule has 2 heteroatoms. The van der Waals surface area contributed by atoms with Crippen LogP contribution < -0.4 is 5.32 Å². The van der Waals surface area contributed by atoms with Gasteiger partial charge in [-0.1, -0.05) is 36.7 Å². The molecule has 1 N–H and O–H groups in total. The number of benzene rings is 1. The molecule has 88 valence electrons. The van der Waals surface area contributed by atoms with E-state index >= 15 is 0 Å². The van der Waals surface area contributed by atoms with Gasteiger partial charge in [0.25, 0.3) is 0 Å². The Labute approximate surface area is 103 Å². The molecule has 16 heavy (non-hydrogen) atoms. The molecule has 1 aliphatic carbocycles. The molecule has 1 saturated carbocycles. The number of nitrogens with one attached hydrogen (secondary N) is 1. The van der Waals surface area contributed by atoms with E-state index in [1.54, 1.807) is 0 Å². The SMILES string of the molecule is CCNC1CCC(Cc2ccccc2Cl)C1. The molecule has 0 aliphatic heterocycles. The summed E-state index contributed by atoms with van der Waals surface area (Å²) in [6, 6.07) is 8.97. The molecule has 2 unspecified atom stereocenters. The van der Waals surface area contributed by atoms with Crippen molar-refractivity contribution < 1.29 is 0 Å². The lowest BCUT2D eigenvalue weighted by Gasteiger charge is -2.12. The van der Waals surface area contributed by atoms with Crippen molar-refractivity contribution in [2.45, 2.75) is 38.6 Å². The maximum absolute atomic E-state index is 6.18. The van der Waals surface area contributed by atoms with Crippen LogP contribution in [-0.2, 0) is 6.42 Å². The zero-order valence-corrected chi connectivity index (χ0v) is 10.6. The molecule has 1 nitrogen and oxygen atoms in total. The molecule has 0 amide bonds. The van der Waals surface area contributed by atoms with Crippen LogP contribution >= 0.6 is 11.6 Å². The summed E-state index contributed by atoms with van der Waals surface area (Å²) in [7, 11) is 0. The Hall–Kier alpha value is -0.530. The van der Waals surface area contributed by atoms with Gasteiger partial charge in [0.05, 0.1) is 0 Å². The van der Waals surface area contributed by atoms with Crippen LogP contribution in [0.4, 0.5) is 0 Å². The van der Waals surface area contributed by atoms with Crippen molar-refractivity contribution in [3.8, 4) is 0 Å². The molecule has 0 aromatic heterocycles. The van der Waals surface area contributed by atoms with Crippen molar-refractivity contribution in [1.29, 1.82) is 0 Å². The van der Waals surface area contributed by atoms with Crippen LogP contribution in [0.2, 0.25) is 5.02 Å². The predicted molar refractivity (Wildman–Crippen MR) is 70.0 cm³/mol. The van der Waals surface area contributed by atoms with Crippen molar-refractivity contribution in [3.05, 3.63) is 34.9 Å². The first kappa shape index (κ1) is 11.9. The van der Waals surface area contributed by atoms with Crippen molar-refractivity contribution in [2.24, 2.45) is 5.92 Å². The van der Waals surface area contributed by atoms with Crippen LogP contribution in [0.5, 0.6) is 0 Å². The van der Waals surface area contributed by atoms with Gasteiger partial charge in [-0.2, -0.15) is 0 Å². The molecule has 1 aromatic carbocycles. The molecular weight excluding hydrogens is 218 g/mol. The Morgan fingerprint density at radius 3 is 2.88 bits per heavy atom. The average molecular weight is 238 g/mol. The Morgan fingerprint density at radius 1 is 1.31 bits per heavy atom. The molecule has 1 aliphatic rings. The highest BCUT2D eigenvalue weighted by atomic mass is 35.5. The highest BCUT2D eigenvalue weighted by Crippen LogP contribution is 2.30. The Balaban J connectivity index is 1.90. The maximum atomic E-state index is 6.18. The first-order valence-electron chi connectivity index (χ1n) is 6.26. The van der Waals surface area contributed by atoms with E-state index in [2.05, 4.69) is 24.4 Å². The maximum Gasteiger partial charge on any atom is 0.0438 e. The number of hydrogen-bond donors (Lipinski definition) is 1. The fourth-order valence-electron chi connectivity index (χ4n) is 2.71. The summed E-state index contributed by atoms with van der Waals surface area (Å²) in [5.41, 5.74) is 1.31. The first-order chi connectivity index (χ1) is 7.79. The minimum Gasteiger partial charge on any atom is -0.314 e. The third-order valence-corrected chi connectivity index (χ3v) is 3.87. The van der Waals surface area contributed by atoms with E-state index < -0.39 is 0 Å². The van der Waals surface area contributed by atoms with Gasteiger partial charge in [-0.15, -0.1) is 0 Å². The van der Waals surface area contributed by atoms with E-state index in [9.17, 15) is 0 Å². The van der Waals surface area contributed by atoms with Gasteiger partial charge in [-0.05, 0) is 49.8 Å². The normalized spacial score (nSPS) is 24.9. The smallest absolute Gasteiger partial charge is 0.0438 e. The minimum atomic E-state index is 0.734. The summed E-state index contributed by atoms with van der Waals surface area (Å²) in [4.78, 5) is 0. The molecule has 2 rings (SSSR count). The molecule has 0 saturated heterocycles. The lowest BCUT2D eigenvalue weighted by molar-refractivity contribution is 0.493. The zero-order valence-electron chi connectivity index (χ0n) is 9.88. The van der Waals surface area contributed by atoms with Gasteiger partial charge in [-0.3, -0.25) is 0 Å². The highest BCUT2D eigenvalue weighted by Gasteiger charge is 2.24. The molecule has 1 aromatic rings. The van der Waals surface area contributed by atoms with Crippen LogP contribution in [-0.4, -0.2) is 12.6 Å². The van der Waals surface area contributed by atoms with Crippen LogP contribution in [0.3, 0.4) is 0 Å². The summed E-state index contributed by atoms with van der Waals surface area (Å²) in [6.45, 7) is 3.27. The molecular formula is C14H20ClN. The van der Waals surface area contributed by atoms with Crippen LogP contribution in [0.1, 0.15) is 31.7 Å². The largest absolute Gasteiger partial charge is 0.314 e. The van der Waals surface area contributed by atoms with Gasteiger partial charge in [0, 0.05) is 11.1 Å². The van der Waals surface area contributed by atoms with Gasteiger partial charge >= 0.3 is 0 Å². The highest BCUT2D eigenvalue weighted by molar-refractivity contribution is 6.31. The quantitative estimate of drug-likeness (QED) is 0.843. The Morgan fingerprint density at radius 2 is 2.12 bits per heavy atom. The van der Waals surface area contributed by atoms with E-state index in [-0.39, 0.29) is 0 Å². The predicted octanol–water partition coefficient (Wildman–Crippen LogP) is 3.66. The Bertz CT molecular complexity index is 337. The summed E-state index contributed by atoms with van der Waals surface area (Å²) in [5.74, 6) is 0.809. The second kappa shape index (κ2) is 5.70. The zero-order chi connectivity index (χ0) is 11.4. The molecule has 0 heterocycles. The summed E-state index contributed by atoms with van der Waals surface area (Å²) in [6.07, 6.45) is 5.10. The van der Waals surface area contributed by atoms with E-state index in [0.29, 0.717) is 0 Å². The second-order valence-corrected chi connectivity index (χ2v) is 5.14. The van der Waals surface area contributed by atoms with E-state index in [0.717, 1.165) is 29.9 Å². The van der Waals surface area contributed by atoms with Crippen molar-refractivity contribution >= 4 is 11.6 Å². The van der Waals surface area contributed by atoms with Crippen LogP contribution in [0, 0.1) is 5.92 Å². The summed E-state index contributed by atoms with van der Waals surface area (Å²) < 4.78 is 0. The number of halogens is 1. The van der Waals surface area contributed by atoms with E-state index in [4.69, 9.17) is 11.6 Å². The van der Waals surface area contributed by atoms with Gasteiger partial charge in [0.1, 0.15) is 0 Å². The lowest BCUT2D eigenvalue weighted by atomic mass is 9.98. The van der Waals surface area contributed by atoms with Crippen molar-refractivity contribution in [3.63, 3.8) is 0 Å². The fraction of sp³-hybridized carbons (Fsp3) is 0.571. The van der Waals surface area contributed by atoms with Gasteiger partial charge in [0.2, 0.25) is 0 Å². The second-order valence-electron chi connectivity index (χ2n) is 4.73.